The van der Waals surface area contributed by atoms with Crippen LogP contribution in [0.25, 0.3) is 0 Å². The van der Waals surface area contributed by atoms with Gasteiger partial charge in [-0.1, -0.05) is 17.7 Å². The van der Waals surface area contributed by atoms with Gasteiger partial charge >= 0.3 is 111 Å². The van der Waals surface area contributed by atoms with Crippen molar-refractivity contribution in [3.63, 3.8) is 0 Å². The fourth-order valence-electron chi connectivity index (χ4n) is 3.67. The van der Waals surface area contributed by atoms with Crippen molar-refractivity contribution >= 4 is 17.4 Å². The molecule has 0 spiro atoms. The van der Waals surface area contributed by atoms with Crippen molar-refractivity contribution in [3.8, 4) is 0 Å². The third-order valence-corrected chi connectivity index (χ3v) is 12.1. The molecule has 0 aliphatic rings. The summed E-state index contributed by atoms with van der Waals surface area (Å²) in [7, 11) is -4.90. The van der Waals surface area contributed by atoms with Crippen LogP contribution >= 0.6 is 7.26 Å². The van der Waals surface area contributed by atoms with Gasteiger partial charge in [0.2, 0.25) is 0 Å². The van der Waals surface area contributed by atoms with Gasteiger partial charge in [0.25, 0.3) is 10.1 Å². The van der Waals surface area contributed by atoms with Crippen LogP contribution in [0.2, 0.25) is 0 Å². The maximum absolute atomic E-state index is 10.5. The van der Waals surface area contributed by atoms with E-state index in [1.165, 1.54) is 63.5 Å². The quantitative estimate of drug-likeness (QED) is 0.265. The minimum atomic E-state index is -4.02. The zero-order valence-corrected chi connectivity index (χ0v) is 20.8. The number of aryl methyl sites for hydroxylation is 1. The van der Waals surface area contributed by atoms with Gasteiger partial charge in [-0.05, 0) is 19.1 Å². The predicted octanol–water partition coefficient (Wildman–Crippen LogP) is 7.18. The molecule has 0 atom stereocenters. The number of rotatable bonds is 13. The van der Waals surface area contributed by atoms with E-state index in [1.54, 1.807) is 36.8 Å². The number of benzene rings is 1. The SMILES string of the molecule is CCCC[PH](CCCC)(CCCC)CCCC.Cc1ccc(S(=O)(=O)O)cc1. The summed E-state index contributed by atoms with van der Waals surface area (Å²) >= 11 is 0. The second-order valence-electron chi connectivity index (χ2n) is 8.20. The summed E-state index contributed by atoms with van der Waals surface area (Å²) in [5, 5.41) is 0. The molecule has 0 fully saturated rings. The molecule has 0 radical (unpaired) electrons. The first-order valence-electron chi connectivity index (χ1n) is 11.3. The minimum Gasteiger partial charge on any atom is -0.282 e. The van der Waals surface area contributed by atoms with E-state index in [-0.39, 0.29) is 4.90 Å². The molecule has 0 aromatic heterocycles. The molecular weight excluding hydrogens is 387 g/mol. The van der Waals surface area contributed by atoms with E-state index in [9.17, 15) is 8.42 Å². The number of hydrogen-bond donors (Lipinski definition) is 1. The second-order valence-corrected chi connectivity index (χ2v) is 14.6. The number of hydrogen-bond acceptors (Lipinski definition) is 2. The molecule has 0 aliphatic heterocycles. The summed E-state index contributed by atoms with van der Waals surface area (Å²) in [6.45, 7) is 11.3. The Kier molecular flexibility index (Phi) is 15.2. The van der Waals surface area contributed by atoms with Crippen LogP contribution in [-0.2, 0) is 10.1 Å². The van der Waals surface area contributed by atoms with Crippen LogP contribution in [0.1, 0.15) is 84.6 Å². The molecule has 0 saturated carbocycles. The van der Waals surface area contributed by atoms with Crippen molar-refractivity contribution in [2.24, 2.45) is 0 Å². The summed E-state index contributed by atoms with van der Waals surface area (Å²) in [5.41, 5.74) is 0.956. The predicted molar refractivity (Wildman–Crippen MR) is 128 cm³/mol. The molecule has 166 valence electrons. The third kappa shape index (κ3) is 12.2. The topological polar surface area (TPSA) is 54.4 Å². The van der Waals surface area contributed by atoms with Gasteiger partial charge in [0.1, 0.15) is 0 Å². The maximum Gasteiger partial charge on any atom is 0.294 e. The summed E-state index contributed by atoms with van der Waals surface area (Å²) in [6.07, 6.45) is 18.1. The Balaban J connectivity index is 0.000000567. The van der Waals surface area contributed by atoms with E-state index in [4.69, 9.17) is 4.55 Å². The van der Waals surface area contributed by atoms with Crippen LogP contribution in [0.4, 0.5) is 0 Å². The van der Waals surface area contributed by atoms with E-state index in [2.05, 4.69) is 27.7 Å². The Morgan fingerprint density at radius 3 is 1.29 bits per heavy atom. The molecule has 1 aromatic carbocycles. The van der Waals surface area contributed by atoms with E-state index >= 15 is 0 Å². The van der Waals surface area contributed by atoms with Crippen molar-refractivity contribution < 1.29 is 13.0 Å². The molecule has 1 aromatic rings. The molecule has 3 nitrogen and oxygen atoms in total. The van der Waals surface area contributed by atoms with Gasteiger partial charge in [-0.15, -0.1) is 0 Å². The van der Waals surface area contributed by atoms with Crippen LogP contribution in [0.3, 0.4) is 0 Å². The fourth-order valence-corrected chi connectivity index (χ4v) is 10.1. The Bertz CT molecular complexity index is 559. The minimum absolute atomic E-state index is 0.0666. The summed E-state index contributed by atoms with van der Waals surface area (Å²) < 4.78 is 29.6. The van der Waals surface area contributed by atoms with Gasteiger partial charge in [-0.2, -0.15) is 8.42 Å². The molecule has 0 amide bonds. The molecule has 0 bridgehead atoms. The van der Waals surface area contributed by atoms with Gasteiger partial charge in [0, 0.05) is 0 Å². The largest absolute Gasteiger partial charge is 0.294 e. The van der Waals surface area contributed by atoms with Gasteiger partial charge in [-0.3, -0.25) is 4.55 Å². The van der Waals surface area contributed by atoms with Crippen molar-refractivity contribution in [1.29, 1.82) is 0 Å². The molecule has 1 N–H and O–H groups in total. The van der Waals surface area contributed by atoms with E-state index in [1.807, 2.05) is 6.92 Å². The normalized spacial score (nSPS) is 12.4. The Labute approximate surface area is 175 Å². The molecule has 0 heterocycles. The molecule has 0 unspecified atom stereocenters. The van der Waals surface area contributed by atoms with Crippen LogP contribution in [-0.4, -0.2) is 37.6 Å². The number of unbranched alkanes of at least 4 members (excludes halogenated alkanes) is 4. The molecule has 1 rings (SSSR count). The standard InChI is InChI=1S/C16H37P.C7H8O3S/c1-5-9-13-17(14-10-6-2,15-11-7-3)16-12-8-4;1-6-2-4-7(5-3-6)11(8,9)10/h17H,5-16H2,1-4H3;2-5H,1H3,(H,8,9,10). The first-order chi connectivity index (χ1) is 13.2. The van der Waals surface area contributed by atoms with Crippen LogP contribution in [0, 0.1) is 6.92 Å². The van der Waals surface area contributed by atoms with Crippen LogP contribution in [0.15, 0.2) is 29.2 Å². The van der Waals surface area contributed by atoms with E-state index in [0.29, 0.717) is 0 Å². The summed E-state index contributed by atoms with van der Waals surface area (Å²) in [4.78, 5) is -0.0666. The van der Waals surface area contributed by atoms with Crippen LogP contribution < -0.4 is 0 Å². The van der Waals surface area contributed by atoms with E-state index < -0.39 is 17.4 Å². The molecular formula is C23H45O3PS. The monoisotopic (exact) mass is 432 g/mol. The average Bonchev–Trinajstić information content (AvgIpc) is 2.67. The zero-order valence-electron chi connectivity index (χ0n) is 19.0. The van der Waals surface area contributed by atoms with Gasteiger partial charge in [0.05, 0.1) is 4.90 Å². The first kappa shape index (κ1) is 27.6. The van der Waals surface area contributed by atoms with Gasteiger partial charge < -0.3 is 0 Å². The van der Waals surface area contributed by atoms with E-state index in [0.717, 1.165) is 5.56 Å². The molecule has 0 aliphatic carbocycles. The summed E-state index contributed by atoms with van der Waals surface area (Å²) in [5.74, 6) is 0. The van der Waals surface area contributed by atoms with Crippen LogP contribution in [0.5, 0.6) is 0 Å². The molecule has 28 heavy (non-hydrogen) atoms. The first-order valence-corrected chi connectivity index (χ1v) is 15.6. The van der Waals surface area contributed by atoms with Crippen molar-refractivity contribution in [1.82, 2.24) is 0 Å². The fraction of sp³-hybridized carbons (Fsp3) is 0.739. The van der Waals surface area contributed by atoms with Gasteiger partial charge in [-0.25, -0.2) is 0 Å². The third-order valence-electron chi connectivity index (χ3n) is 5.56. The molecule has 5 heteroatoms. The zero-order chi connectivity index (χ0) is 21.5. The van der Waals surface area contributed by atoms with Gasteiger partial charge in [0.15, 0.2) is 0 Å². The summed E-state index contributed by atoms with van der Waals surface area (Å²) in [6, 6.07) is 5.99. The average molecular weight is 433 g/mol. The van der Waals surface area contributed by atoms with Crippen molar-refractivity contribution in [2.45, 2.75) is 90.9 Å². The Morgan fingerprint density at radius 2 is 1.04 bits per heavy atom. The Hall–Kier alpha value is -0.440. The smallest absolute Gasteiger partial charge is 0.282 e. The second kappa shape index (κ2) is 15.4. The Morgan fingerprint density at radius 1 is 0.714 bits per heavy atom. The maximum atomic E-state index is 10.5. The molecule has 0 saturated heterocycles. The van der Waals surface area contributed by atoms with Crippen molar-refractivity contribution in [3.05, 3.63) is 29.8 Å². The van der Waals surface area contributed by atoms with Crippen molar-refractivity contribution in [2.75, 3.05) is 24.6 Å².